The predicted molar refractivity (Wildman–Crippen MR) is 20.4 cm³/mol. The fraction of sp³-hybridized carbons (Fsp3) is 1.00. The summed E-state index contributed by atoms with van der Waals surface area (Å²) >= 11 is -2.97. The Morgan fingerprint density at radius 1 is 1.50 bits per heavy atom. The van der Waals surface area contributed by atoms with Crippen LogP contribution in [-0.2, 0) is 7.67 Å². The van der Waals surface area contributed by atoms with Gasteiger partial charge >= 0.3 is 38.5 Å². The summed E-state index contributed by atoms with van der Waals surface area (Å²) in [7, 11) is 0. The van der Waals surface area contributed by atoms with Crippen molar-refractivity contribution in [2.45, 2.75) is 5.32 Å². The second-order valence-corrected chi connectivity index (χ2v) is 3.11. The molecule has 6 heavy (non-hydrogen) atoms. The van der Waals surface area contributed by atoms with Crippen LogP contribution in [0.3, 0.4) is 0 Å². The van der Waals surface area contributed by atoms with E-state index in [-0.39, 0.29) is 11.9 Å². The van der Waals surface area contributed by atoms with Gasteiger partial charge in [-0.25, -0.2) is 0 Å². The third-order valence-corrected chi connectivity index (χ3v) is 1.47. The van der Waals surface area contributed by atoms with Crippen molar-refractivity contribution in [2.24, 2.45) is 0 Å². The molecule has 0 radical (unpaired) electrons. The van der Waals surface area contributed by atoms with E-state index >= 15 is 0 Å². The van der Waals surface area contributed by atoms with Crippen molar-refractivity contribution in [3.05, 3.63) is 0 Å². The number of aliphatic hydroxyl groups is 1. The Labute approximate surface area is 39.3 Å². The van der Waals surface area contributed by atoms with Crippen LogP contribution in [0.1, 0.15) is 0 Å². The topological polar surface area (TPSA) is 54.4 Å². The minimum atomic E-state index is -2.97. The normalized spacial score (nSPS) is 9.67. The van der Waals surface area contributed by atoms with Gasteiger partial charge in [0.2, 0.25) is 0 Å². The molecule has 0 aliphatic carbocycles. The van der Waals surface area contributed by atoms with Gasteiger partial charge in [-0.3, -0.25) is 0 Å². The third kappa shape index (κ3) is 4.08. The molecule has 0 atom stereocenters. The molecule has 0 spiro atoms. The Kier molecular flexibility index (Phi) is 3.32. The molecular formula is C2H6O3Se. The molecule has 0 saturated carbocycles. The van der Waals surface area contributed by atoms with E-state index in [1.165, 1.54) is 0 Å². The Bertz CT molecular complexity index is 76.8. The van der Waals surface area contributed by atoms with Gasteiger partial charge in [0.1, 0.15) is 0 Å². The van der Waals surface area contributed by atoms with Gasteiger partial charge < -0.3 is 0 Å². The molecule has 0 amide bonds. The minimum absolute atomic E-state index is 0.0347. The molecular weight excluding hydrogens is 151 g/mol. The molecule has 0 rings (SSSR count). The Balaban J connectivity index is 3.07. The summed E-state index contributed by atoms with van der Waals surface area (Å²) in [6, 6.07) is 0. The van der Waals surface area contributed by atoms with Crippen LogP contribution in [-0.4, -0.2) is 25.5 Å². The SMILES string of the molecule is O=[SeH](=O)CCO. The molecule has 0 aromatic heterocycles. The van der Waals surface area contributed by atoms with Gasteiger partial charge in [-0.1, -0.05) is 0 Å². The zero-order valence-corrected chi connectivity index (χ0v) is 5.00. The van der Waals surface area contributed by atoms with E-state index in [2.05, 4.69) is 0 Å². The Morgan fingerprint density at radius 3 is 2.00 bits per heavy atom. The zero-order valence-electron chi connectivity index (χ0n) is 3.13. The summed E-state index contributed by atoms with van der Waals surface area (Å²) in [4.78, 5) is 0. The fourth-order valence-corrected chi connectivity index (χ4v) is 0.424. The summed E-state index contributed by atoms with van der Waals surface area (Å²) < 4.78 is 19.1. The summed E-state index contributed by atoms with van der Waals surface area (Å²) in [6.45, 7) is -0.229. The van der Waals surface area contributed by atoms with Crippen LogP contribution in [0.25, 0.3) is 0 Å². The molecule has 0 aromatic carbocycles. The van der Waals surface area contributed by atoms with E-state index < -0.39 is 13.8 Å². The van der Waals surface area contributed by atoms with Crippen molar-refractivity contribution in [2.75, 3.05) is 6.61 Å². The standard InChI is InChI=1S/C2H6O3Se/c3-1-2-6(4)5/h3,6H,1-2H2. The number of hydrogen-bond donors (Lipinski definition) is 1. The summed E-state index contributed by atoms with van der Waals surface area (Å²) in [5, 5.41) is 7.84. The maximum absolute atomic E-state index is 9.56. The van der Waals surface area contributed by atoms with Gasteiger partial charge in [0.15, 0.2) is 0 Å². The first kappa shape index (κ1) is 6.08. The van der Waals surface area contributed by atoms with Crippen LogP contribution in [0.4, 0.5) is 0 Å². The van der Waals surface area contributed by atoms with E-state index in [9.17, 15) is 7.67 Å². The second-order valence-electron chi connectivity index (χ2n) is 0.780. The first-order valence-corrected chi connectivity index (χ1v) is 4.36. The van der Waals surface area contributed by atoms with Crippen LogP contribution in [0.2, 0.25) is 5.32 Å². The molecule has 0 bridgehead atoms. The third-order valence-electron chi connectivity index (χ3n) is 0.283. The van der Waals surface area contributed by atoms with Crippen molar-refractivity contribution in [1.82, 2.24) is 0 Å². The molecule has 0 aliphatic heterocycles. The molecule has 38 valence electrons. The maximum atomic E-state index is 9.56. The van der Waals surface area contributed by atoms with E-state index in [1.807, 2.05) is 0 Å². The van der Waals surface area contributed by atoms with E-state index in [0.717, 1.165) is 0 Å². The predicted octanol–water partition coefficient (Wildman–Crippen LogP) is -0.940. The quantitative estimate of drug-likeness (QED) is 0.526. The van der Waals surface area contributed by atoms with E-state index in [4.69, 9.17) is 5.11 Å². The average Bonchev–Trinajstić information content (AvgIpc) is 1.35. The number of rotatable bonds is 2. The van der Waals surface area contributed by atoms with Gasteiger partial charge in [0.05, 0.1) is 0 Å². The number of hydrogen-bond acceptors (Lipinski definition) is 3. The second kappa shape index (κ2) is 3.28. The first-order chi connectivity index (χ1) is 2.77. The van der Waals surface area contributed by atoms with Crippen LogP contribution >= 0.6 is 0 Å². The molecule has 0 aromatic rings. The van der Waals surface area contributed by atoms with Gasteiger partial charge in [-0.05, 0) is 0 Å². The molecule has 0 aliphatic rings. The van der Waals surface area contributed by atoms with Crippen molar-refractivity contribution in [1.29, 1.82) is 0 Å². The average molecular weight is 157 g/mol. The van der Waals surface area contributed by atoms with Crippen LogP contribution in [0.5, 0.6) is 0 Å². The van der Waals surface area contributed by atoms with Crippen LogP contribution in [0, 0.1) is 0 Å². The van der Waals surface area contributed by atoms with Gasteiger partial charge in [-0.2, -0.15) is 0 Å². The van der Waals surface area contributed by atoms with Crippen LogP contribution < -0.4 is 0 Å². The molecule has 1 N–H and O–H groups in total. The molecule has 3 nitrogen and oxygen atoms in total. The summed E-state index contributed by atoms with van der Waals surface area (Å²) in [5.74, 6) is 0. The van der Waals surface area contributed by atoms with Crippen LogP contribution in [0.15, 0.2) is 0 Å². The molecule has 0 unspecified atom stereocenters. The van der Waals surface area contributed by atoms with E-state index in [0.29, 0.717) is 0 Å². The monoisotopic (exact) mass is 158 g/mol. The van der Waals surface area contributed by atoms with Crippen molar-refractivity contribution in [3.63, 3.8) is 0 Å². The molecule has 0 saturated heterocycles. The summed E-state index contributed by atoms with van der Waals surface area (Å²) in [6.07, 6.45) is 0. The Morgan fingerprint density at radius 2 is 2.00 bits per heavy atom. The molecule has 4 heteroatoms. The van der Waals surface area contributed by atoms with Crippen molar-refractivity contribution >= 4 is 13.8 Å². The van der Waals surface area contributed by atoms with E-state index in [1.54, 1.807) is 0 Å². The zero-order chi connectivity index (χ0) is 4.99. The molecule has 0 heterocycles. The van der Waals surface area contributed by atoms with Gasteiger partial charge in [0.25, 0.3) is 0 Å². The van der Waals surface area contributed by atoms with Crippen molar-refractivity contribution < 1.29 is 12.8 Å². The Hall–Kier alpha value is 0.0795. The first-order valence-electron chi connectivity index (χ1n) is 1.50. The number of aliphatic hydroxyl groups excluding tert-OH is 1. The summed E-state index contributed by atoms with van der Waals surface area (Å²) in [5.41, 5.74) is 0. The van der Waals surface area contributed by atoms with Crippen molar-refractivity contribution in [3.8, 4) is 0 Å². The molecule has 0 fully saturated rings. The fourth-order valence-electron chi connectivity index (χ4n) is 0.0816. The van der Waals surface area contributed by atoms with Gasteiger partial charge in [-0.15, -0.1) is 0 Å². The van der Waals surface area contributed by atoms with Gasteiger partial charge in [0, 0.05) is 0 Å².